The van der Waals surface area contributed by atoms with Gasteiger partial charge in [0.05, 0.1) is 34.4 Å². The Morgan fingerprint density at radius 1 is 1.19 bits per heavy atom. The number of ether oxygens (including phenoxy) is 1. The molecule has 1 aromatic carbocycles. The van der Waals surface area contributed by atoms with Crippen LogP contribution in [0.2, 0.25) is 0 Å². The molecule has 1 atom stereocenters. The summed E-state index contributed by atoms with van der Waals surface area (Å²) < 4.78 is 71.3. The fourth-order valence-electron chi connectivity index (χ4n) is 5.02. The summed E-state index contributed by atoms with van der Waals surface area (Å²) in [6, 6.07) is 8.24. The quantitative estimate of drug-likeness (QED) is 0.265. The van der Waals surface area contributed by atoms with Gasteiger partial charge in [-0.05, 0) is 49.2 Å². The first-order valence-electron chi connectivity index (χ1n) is 14.2. The maximum atomic E-state index is 14.4. The molecular formula is C28H25FN8O4S2. The fraction of sp³-hybridized carbons (Fsp3) is 0.179. The van der Waals surface area contributed by atoms with Crippen LogP contribution < -0.4 is 20.8 Å². The number of anilines is 2. The van der Waals surface area contributed by atoms with E-state index in [2.05, 4.69) is 19.7 Å². The molecule has 5 aromatic heterocycles. The number of pyridine rings is 2. The van der Waals surface area contributed by atoms with Gasteiger partial charge in [0.1, 0.15) is 34.2 Å². The van der Waals surface area contributed by atoms with Crippen molar-refractivity contribution in [2.24, 2.45) is 0 Å². The summed E-state index contributed by atoms with van der Waals surface area (Å²) in [6.07, 6.45) is 3.40. The first-order valence-corrected chi connectivity index (χ1v) is 15.4. The zero-order valence-electron chi connectivity index (χ0n) is 25.9. The molecule has 6 rings (SSSR count). The van der Waals surface area contributed by atoms with Gasteiger partial charge in [0.2, 0.25) is 15.9 Å². The molecule has 43 heavy (non-hydrogen) atoms. The van der Waals surface area contributed by atoms with Gasteiger partial charge in [-0.25, -0.2) is 32.4 Å². The molecule has 5 heterocycles. The summed E-state index contributed by atoms with van der Waals surface area (Å²) in [7, 11) is -6.80. The largest absolute Gasteiger partial charge is 0.480 e. The average molecular weight is 624 g/mol. The summed E-state index contributed by atoms with van der Waals surface area (Å²) in [5, 5.41) is 6.94. The van der Waals surface area contributed by atoms with Gasteiger partial charge < -0.3 is 10.5 Å². The summed E-state index contributed by atoms with van der Waals surface area (Å²) >= 11 is 1.38. The van der Waals surface area contributed by atoms with Crippen LogP contribution >= 0.6 is 11.3 Å². The van der Waals surface area contributed by atoms with Gasteiger partial charge in [-0.1, -0.05) is 12.1 Å². The zero-order valence-corrected chi connectivity index (χ0v) is 24.5. The molecule has 0 aliphatic rings. The molecule has 220 valence electrons. The molecule has 0 unspecified atom stereocenters. The second kappa shape index (κ2) is 10.4. The van der Waals surface area contributed by atoms with Crippen LogP contribution in [0.5, 0.6) is 5.88 Å². The van der Waals surface area contributed by atoms with Crippen LogP contribution in [0, 0.1) is 12.7 Å². The second-order valence-electron chi connectivity index (χ2n) is 9.82. The predicted molar refractivity (Wildman–Crippen MR) is 163 cm³/mol. The van der Waals surface area contributed by atoms with Crippen molar-refractivity contribution in [2.75, 3.05) is 23.7 Å². The number of rotatable bonds is 7. The van der Waals surface area contributed by atoms with Crippen molar-refractivity contribution in [3.63, 3.8) is 0 Å². The number of fused-ring (bicyclic) bond motifs is 2. The predicted octanol–water partition coefficient (Wildman–Crippen LogP) is 4.25. The average Bonchev–Trinajstić information content (AvgIpc) is 3.54. The van der Waals surface area contributed by atoms with Gasteiger partial charge >= 0.3 is 0 Å². The molecule has 0 fully saturated rings. The molecule has 12 nitrogen and oxygen atoms in total. The minimum Gasteiger partial charge on any atom is -0.480 e. The lowest BCUT2D eigenvalue weighted by Gasteiger charge is -2.18. The number of nitrogens with one attached hydrogen (secondary N) is 1. The summed E-state index contributed by atoms with van der Waals surface area (Å²) in [5.41, 5.74) is 8.34. The first kappa shape index (κ1) is 24.7. The number of benzene rings is 1. The van der Waals surface area contributed by atoms with E-state index in [0.717, 1.165) is 11.9 Å². The number of halogens is 1. The third-order valence-corrected chi connectivity index (χ3v) is 8.46. The highest BCUT2D eigenvalue weighted by Crippen LogP contribution is 2.37. The van der Waals surface area contributed by atoms with E-state index in [1.807, 2.05) is 18.4 Å². The zero-order chi connectivity index (χ0) is 33.1. The number of nitrogens with zero attached hydrogens (tertiary/aromatic N) is 6. The van der Waals surface area contributed by atoms with Crippen LogP contribution in [0.15, 0.2) is 59.1 Å². The minimum absolute atomic E-state index is 0.0497. The van der Waals surface area contributed by atoms with E-state index in [9.17, 15) is 17.6 Å². The highest BCUT2D eigenvalue weighted by Gasteiger charge is 2.26. The van der Waals surface area contributed by atoms with Crippen LogP contribution in [-0.2, 0) is 10.0 Å². The molecule has 0 aliphatic heterocycles. The Morgan fingerprint density at radius 3 is 2.74 bits per heavy atom. The smallest absolute Gasteiger partial charge is 0.264 e. The number of hydrogen-bond donors (Lipinski definition) is 2. The van der Waals surface area contributed by atoms with Gasteiger partial charge in [0.15, 0.2) is 5.65 Å². The summed E-state index contributed by atoms with van der Waals surface area (Å²) in [4.78, 5) is 27.2. The van der Waals surface area contributed by atoms with Gasteiger partial charge in [0.25, 0.3) is 5.56 Å². The van der Waals surface area contributed by atoms with Crippen molar-refractivity contribution in [1.29, 1.82) is 0 Å². The highest BCUT2D eigenvalue weighted by atomic mass is 32.2. The number of thiazole rings is 1. The SMILES string of the molecule is [2H]C([2H])([2H])Oc1ncc(-c2nn([C@@H](C)c3cc4scc(C)n4c(=O)c3-c3cccc(F)c3)c3ncnc(N)c23)cc1NS(C)(=O)=O. The van der Waals surface area contributed by atoms with Crippen LogP contribution in [0.1, 0.15) is 28.3 Å². The van der Waals surface area contributed by atoms with Gasteiger partial charge in [0, 0.05) is 22.8 Å². The van der Waals surface area contributed by atoms with E-state index in [4.69, 9.17) is 19.7 Å². The third-order valence-electron chi connectivity index (χ3n) is 6.87. The Balaban J connectivity index is 1.59. The number of aryl methyl sites for hydroxylation is 1. The van der Waals surface area contributed by atoms with Crippen molar-refractivity contribution in [2.45, 2.75) is 19.9 Å². The summed E-state index contributed by atoms with van der Waals surface area (Å²) in [6.45, 7) is 3.61. The van der Waals surface area contributed by atoms with E-state index in [-0.39, 0.29) is 39.5 Å². The molecule has 0 saturated carbocycles. The number of sulfonamides is 1. The van der Waals surface area contributed by atoms with Crippen molar-refractivity contribution in [1.82, 2.24) is 29.1 Å². The molecule has 0 spiro atoms. The van der Waals surface area contributed by atoms with E-state index >= 15 is 0 Å². The molecule has 0 amide bonds. The van der Waals surface area contributed by atoms with Crippen LogP contribution in [-0.4, -0.2) is 50.8 Å². The summed E-state index contributed by atoms with van der Waals surface area (Å²) in [5.74, 6) is -0.934. The number of aromatic nitrogens is 6. The Hall–Kier alpha value is -4.89. The molecule has 3 N–H and O–H groups in total. The Morgan fingerprint density at radius 2 is 2.00 bits per heavy atom. The molecular weight excluding hydrogens is 595 g/mol. The van der Waals surface area contributed by atoms with Crippen LogP contribution in [0.4, 0.5) is 15.9 Å². The monoisotopic (exact) mass is 623 g/mol. The van der Waals surface area contributed by atoms with Crippen molar-refractivity contribution >= 4 is 48.7 Å². The Kier molecular flexibility index (Phi) is 5.99. The lowest BCUT2D eigenvalue weighted by Crippen LogP contribution is -2.21. The lowest BCUT2D eigenvalue weighted by molar-refractivity contribution is 0.400. The normalized spacial score (nSPS) is 13.9. The van der Waals surface area contributed by atoms with Gasteiger partial charge in [-0.2, -0.15) is 5.10 Å². The topological polar surface area (TPSA) is 159 Å². The molecule has 0 radical (unpaired) electrons. The number of nitrogens with two attached hydrogens (primary N) is 1. The molecule has 0 bridgehead atoms. The van der Waals surface area contributed by atoms with Gasteiger partial charge in [-0.3, -0.25) is 13.9 Å². The molecule has 0 saturated heterocycles. The molecule has 6 aromatic rings. The number of hydrogen-bond acceptors (Lipinski definition) is 10. The first-order chi connectivity index (χ1) is 21.6. The lowest BCUT2D eigenvalue weighted by atomic mass is 9.97. The van der Waals surface area contributed by atoms with E-state index in [0.29, 0.717) is 21.3 Å². The Labute approximate surface area is 252 Å². The van der Waals surface area contributed by atoms with Crippen LogP contribution in [0.25, 0.3) is 38.2 Å². The molecule has 15 heteroatoms. The highest BCUT2D eigenvalue weighted by molar-refractivity contribution is 7.92. The number of methoxy groups -OCH3 is 1. The van der Waals surface area contributed by atoms with Gasteiger partial charge in [-0.15, -0.1) is 11.3 Å². The second-order valence-corrected chi connectivity index (χ2v) is 12.5. The van der Waals surface area contributed by atoms with Crippen molar-refractivity contribution in [3.8, 4) is 28.3 Å². The third kappa shape index (κ3) is 4.95. The Bertz CT molecular complexity index is 2340. The maximum Gasteiger partial charge on any atom is 0.264 e. The van der Waals surface area contributed by atoms with E-state index in [1.165, 1.54) is 52.8 Å². The van der Waals surface area contributed by atoms with E-state index < -0.39 is 34.8 Å². The fourth-order valence-corrected chi connectivity index (χ4v) is 6.49. The van der Waals surface area contributed by atoms with Crippen molar-refractivity contribution in [3.05, 3.63) is 81.7 Å². The van der Waals surface area contributed by atoms with Crippen molar-refractivity contribution < 1.29 is 21.7 Å². The van der Waals surface area contributed by atoms with Crippen LogP contribution in [0.3, 0.4) is 0 Å². The molecule has 0 aliphatic carbocycles. The standard InChI is InChI=1S/C28H25FN8O4S2/c1-14-12-42-21-10-19(22(28(38)36(14)21)16-6-5-7-18(29)8-16)15(2)37-26-23(25(30)32-13-33-26)24(34-37)17-9-20(35-43(4,39)40)27(41-3)31-11-17/h5-13,15,35H,1-4H3,(H2,30,32,33)/t15-/m0/s1/i3D3. The minimum atomic E-state index is -3.89. The maximum absolute atomic E-state index is 14.4. The number of nitrogen functional groups attached to an aromatic ring is 1. The van der Waals surface area contributed by atoms with E-state index in [1.54, 1.807) is 17.4 Å².